The van der Waals surface area contributed by atoms with Gasteiger partial charge in [-0.2, -0.15) is 0 Å². The van der Waals surface area contributed by atoms with Crippen LogP contribution in [0.15, 0.2) is 47.3 Å². The van der Waals surface area contributed by atoms with Gasteiger partial charge in [0.15, 0.2) is 6.61 Å². The number of hydrogen-bond acceptors (Lipinski definition) is 5. The number of carbonyl (C=O) groups is 1. The van der Waals surface area contributed by atoms with Crippen LogP contribution in [-0.2, 0) is 16.1 Å². The number of benzene rings is 2. The van der Waals surface area contributed by atoms with Gasteiger partial charge in [-0.1, -0.05) is 30.3 Å². The zero-order valence-corrected chi connectivity index (χ0v) is 16.9. The first-order valence-corrected chi connectivity index (χ1v) is 9.43. The number of ether oxygens (including phenoxy) is 2. The Morgan fingerprint density at radius 2 is 1.83 bits per heavy atom. The van der Waals surface area contributed by atoms with Crippen LogP contribution in [-0.4, -0.2) is 47.6 Å². The maximum atomic E-state index is 12.8. The molecule has 0 aliphatic rings. The molecule has 1 aromatic heterocycles. The van der Waals surface area contributed by atoms with Gasteiger partial charge in [0.25, 0.3) is 11.5 Å². The number of methoxy groups -OCH3 is 1. The van der Waals surface area contributed by atoms with Gasteiger partial charge in [0, 0.05) is 13.7 Å². The SMILES string of the molecule is COCCN(Cc1nc2ccccc2c(=O)[nH]1)C(=O)COc1c(C)cccc1C. The zero-order chi connectivity index (χ0) is 20.8. The minimum atomic E-state index is -0.225. The van der Waals surface area contributed by atoms with Crippen molar-refractivity contribution in [3.05, 3.63) is 69.8 Å². The van der Waals surface area contributed by atoms with Crippen molar-refractivity contribution in [3.8, 4) is 5.75 Å². The van der Waals surface area contributed by atoms with E-state index >= 15 is 0 Å². The van der Waals surface area contributed by atoms with E-state index in [0.29, 0.717) is 35.6 Å². The van der Waals surface area contributed by atoms with Crippen molar-refractivity contribution in [3.63, 3.8) is 0 Å². The van der Waals surface area contributed by atoms with Gasteiger partial charge in [-0.05, 0) is 37.1 Å². The summed E-state index contributed by atoms with van der Waals surface area (Å²) in [5.74, 6) is 0.926. The molecule has 0 atom stereocenters. The molecule has 7 heteroatoms. The van der Waals surface area contributed by atoms with Crippen LogP contribution in [0.4, 0.5) is 0 Å². The molecule has 0 saturated heterocycles. The molecule has 0 spiro atoms. The molecular formula is C22H25N3O4. The summed E-state index contributed by atoms with van der Waals surface area (Å²) in [6.45, 7) is 4.68. The third-order valence-electron chi connectivity index (χ3n) is 4.67. The zero-order valence-electron chi connectivity index (χ0n) is 16.9. The average molecular weight is 395 g/mol. The topological polar surface area (TPSA) is 84.5 Å². The molecule has 0 fully saturated rings. The minimum absolute atomic E-state index is 0.104. The summed E-state index contributed by atoms with van der Waals surface area (Å²) in [6, 6.07) is 12.9. The van der Waals surface area contributed by atoms with Gasteiger partial charge >= 0.3 is 0 Å². The number of carbonyl (C=O) groups excluding carboxylic acids is 1. The molecule has 1 heterocycles. The molecule has 3 rings (SSSR count). The Bertz CT molecular complexity index is 1040. The molecule has 2 aromatic carbocycles. The molecule has 1 N–H and O–H groups in total. The van der Waals surface area contributed by atoms with Crippen molar-refractivity contribution in [2.75, 3.05) is 26.9 Å². The first-order valence-electron chi connectivity index (χ1n) is 9.43. The maximum Gasteiger partial charge on any atom is 0.260 e. The molecule has 0 aliphatic heterocycles. The fourth-order valence-corrected chi connectivity index (χ4v) is 3.14. The Hall–Kier alpha value is -3.19. The number of fused-ring (bicyclic) bond motifs is 1. The maximum absolute atomic E-state index is 12.8. The van der Waals surface area contributed by atoms with E-state index in [-0.39, 0.29) is 24.6 Å². The highest BCUT2D eigenvalue weighted by atomic mass is 16.5. The normalized spacial score (nSPS) is 10.9. The van der Waals surface area contributed by atoms with E-state index in [2.05, 4.69) is 9.97 Å². The second-order valence-corrected chi connectivity index (χ2v) is 6.85. The number of nitrogens with zero attached hydrogens (tertiary/aromatic N) is 2. The van der Waals surface area contributed by atoms with Gasteiger partial charge in [0.1, 0.15) is 11.6 Å². The predicted octanol–water partition coefficient (Wildman–Crippen LogP) is 2.59. The molecule has 152 valence electrons. The monoisotopic (exact) mass is 395 g/mol. The first kappa shape index (κ1) is 20.5. The number of nitrogens with one attached hydrogen (secondary N) is 1. The molecule has 29 heavy (non-hydrogen) atoms. The lowest BCUT2D eigenvalue weighted by molar-refractivity contribution is -0.134. The second-order valence-electron chi connectivity index (χ2n) is 6.85. The van der Waals surface area contributed by atoms with Gasteiger partial charge < -0.3 is 19.4 Å². The molecule has 3 aromatic rings. The van der Waals surface area contributed by atoms with E-state index in [0.717, 1.165) is 11.1 Å². The van der Waals surface area contributed by atoms with E-state index in [4.69, 9.17) is 9.47 Å². The quantitative estimate of drug-likeness (QED) is 0.634. The van der Waals surface area contributed by atoms with Crippen molar-refractivity contribution < 1.29 is 14.3 Å². The van der Waals surface area contributed by atoms with Crippen molar-refractivity contribution >= 4 is 16.8 Å². The molecule has 0 saturated carbocycles. The van der Waals surface area contributed by atoms with Crippen molar-refractivity contribution in [1.82, 2.24) is 14.9 Å². The van der Waals surface area contributed by atoms with Gasteiger partial charge in [0.05, 0.1) is 24.1 Å². The van der Waals surface area contributed by atoms with E-state index in [1.807, 2.05) is 38.1 Å². The van der Waals surface area contributed by atoms with Gasteiger partial charge in [0.2, 0.25) is 0 Å². The highest BCUT2D eigenvalue weighted by molar-refractivity contribution is 5.78. The Morgan fingerprint density at radius 3 is 2.55 bits per heavy atom. The number of aromatic nitrogens is 2. The Balaban J connectivity index is 1.77. The third kappa shape index (κ3) is 5.00. The highest BCUT2D eigenvalue weighted by Crippen LogP contribution is 2.22. The smallest absolute Gasteiger partial charge is 0.260 e. The van der Waals surface area contributed by atoms with Crippen LogP contribution < -0.4 is 10.3 Å². The van der Waals surface area contributed by atoms with Crippen LogP contribution in [0.2, 0.25) is 0 Å². The lowest BCUT2D eigenvalue weighted by atomic mass is 10.1. The summed E-state index contributed by atoms with van der Waals surface area (Å²) in [4.78, 5) is 33.9. The van der Waals surface area contributed by atoms with Gasteiger partial charge in [-0.3, -0.25) is 9.59 Å². The summed E-state index contributed by atoms with van der Waals surface area (Å²) in [7, 11) is 1.58. The molecular weight excluding hydrogens is 370 g/mol. The van der Waals surface area contributed by atoms with Crippen LogP contribution in [0.25, 0.3) is 10.9 Å². The number of rotatable bonds is 8. The highest BCUT2D eigenvalue weighted by Gasteiger charge is 2.17. The standard InChI is InChI=1S/C22H25N3O4/c1-15-7-6-8-16(2)21(15)29-14-20(26)25(11-12-28-3)13-19-23-18-10-5-4-9-17(18)22(27)24-19/h4-10H,11-14H2,1-3H3,(H,23,24,27). The average Bonchev–Trinajstić information content (AvgIpc) is 2.70. The molecule has 0 bridgehead atoms. The second kappa shape index (κ2) is 9.34. The van der Waals surface area contributed by atoms with Gasteiger partial charge in [-0.25, -0.2) is 4.98 Å². The molecule has 0 radical (unpaired) electrons. The van der Waals surface area contributed by atoms with Crippen LogP contribution in [0.5, 0.6) is 5.75 Å². The Morgan fingerprint density at radius 1 is 1.10 bits per heavy atom. The van der Waals surface area contributed by atoms with Crippen molar-refractivity contribution in [2.45, 2.75) is 20.4 Å². The summed E-state index contributed by atoms with van der Waals surface area (Å²) < 4.78 is 10.9. The van der Waals surface area contributed by atoms with E-state index in [1.165, 1.54) is 0 Å². The fourth-order valence-electron chi connectivity index (χ4n) is 3.14. The lowest BCUT2D eigenvalue weighted by Crippen LogP contribution is -2.37. The summed E-state index contributed by atoms with van der Waals surface area (Å²) in [5.41, 5.74) is 2.32. The largest absolute Gasteiger partial charge is 0.483 e. The number of aromatic amines is 1. The Kier molecular flexibility index (Phi) is 6.61. The molecule has 7 nitrogen and oxygen atoms in total. The number of H-pyrrole nitrogens is 1. The fraction of sp³-hybridized carbons (Fsp3) is 0.318. The lowest BCUT2D eigenvalue weighted by Gasteiger charge is -2.22. The van der Waals surface area contributed by atoms with E-state index < -0.39 is 0 Å². The summed E-state index contributed by atoms with van der Waals surface area (Å²) >= 11 is 0. The summed E-state index contributed by atoms with van der Waals surface area (Å²) in [5, 5.41) is 0.518. The number of hydrogen-bond donors (Lipinski definition) is 1. The number of aryl methyl sites for hydroxylation is 2. The van der Waals surface area contributed by atoms with Gasteiger partial charge in [-0.15, -0.1) is 0 Å². The van der Waals surface area contributed by atoms with Crippen molar-refractivity contribution in [1.29, 1.82) is 0 Å². The third-order valence-corrected chi connectivity index (χ3v) is 4.67. The minimum Gasteiger partial charge on any atom is -0.483 e. The summed E-state index contributed by atoms with van der Waals surface area (Å²) in [6.07, 6.45) is 0. The molecule has 0 aliphatic carbocycles. The van der Waals surface area contributed by atoms with Crippen LogP contribution >= 0.6 is 0 Å². The van der Waals surface area contributed by atoms with Crippen LogP contribution in [0.1, 0.15) is 17.0 Å². The number of amides is 1. The predicted molar refractivity (Wildman–Crippen MR) is 111 cm³/mol. The number of para-hydroxylation sites is 2. The molecule has 0 unspecified atom stereocenters. The van der Waals surface area contributed by atoms with E-state index in [1.54, 1.807) is 30.2 Å². The van der Waals surface area contributed by atoms with Crippen molar-refractivity contribution in [2.24, 2.45) is 0 Å². The first-order chi connectivity index (χ1) is 14.0. The van der Waals surface area contributed by atoms with Crippen LogP contribution in [0, 0.1) is 13.8 Å². The Labute approximate surface area is 169 Å². The van der Waals surface area contributed by atoms with E-state index in [9.17, 15) is 9.59 Å². The molecule has 1 amide bonds. The van der Waals surface area contributed by atoms with Crippen LogP contribution in [0.3, 0.4) is 0 Å².